The summed E-state index contributed by atoms with van der Waals surface area (Å²) in [6.07, 6.45) is 0. The minimum absolute atomic E-state index is 0.230. The molecule has 2 aromatic rings. The van der Waals surface area contributed by atoms with Gasteiger partial charge in [0, 0.05) is 8.95 Å². The molecule has 6 heteroatoms. The second-order valence-corrected chi connectivity index (χ2v) is 7.59. The van der Waals surface area contributed by atoms with E-state index in [1.807, 2.05) is 13.0 Å². The fourth-order valence-corrected chi connectivity index (χ4v) is 3.54. The van der Waals surface area contributed by atoms with Crippen LogP contribution in [0.15, 0.2) is 56.3 Å². The Morgan fingerprint density at radius 3 is 2.16 bits per heavy atom. The number of halogens is 2. The number of hydrogen-bond acceptors (Lipinski definition) is 2. The molecule has 1 N–H and O–H groups in total. The molecule has 0 fully saturated rings. The SMILES string of the molecule is Cc1cc(Br)cc(NS(=O)(=O)c2ccc(Br)cc2)c1. The first-order valence-electron chi connectivity index (χ1n) is 5.42. The zero-order chi connectivity index (χ0) is 14.0. The van der Waals surface area contributed by atoms with E-state index in [9.17, 15) is 8.42 Å². The predicted octanol–water partition coefficient (Wildman–Crippen LogP) is 4.32. The molecule has 0 atom stereocenters. The Morgan fingerprint density at radius 2 is 1.58 bits per heavy atom. The van der Waals surface area contributed by atoms with Crippen LogP contribution in [-0.2, 0) is 10.0 Å². The lowest BCUT2D eigenvalue weighted by Crippen LogP contribution is -2.12. The lowest BCUT2D eigenvalue weighted by atomic mass is 10.2. The van der Waals surface area contributed by atoms with E-state index in [4.69, 9.17) is 0 Å². The Labute approximate surface area is 129 Å². The number of nitrogens with one attached hydrogen (secondary N) is 1. The van der Waals surface area contributed by atoms with Crippen LogP contribution < -0.4 is 4.72 Å². The molecule has 0 saturated carbocycles. The first-order valence-corrected chi connectivity index (χ1v) is 8.49. The van der Waals surface area contributed by atoms with Gasteiger partial charge in [0.15, 0.2) is 0 Å². The van der Waals surface area contributed by atoms with Gasteiger partial charge < -0.3 is 0 Å². The molecule has 0 aliphatic rings. The Morgan fingerprint density at radius 1 is 0.947 bits per heavy atom. The van der Waals surface area contributed by atoms with Crippen LogP contribution in [-0.4, -0.2) is 8.42 Å². The summed E-state index contributed by atoms with van der Waals surface area (Å²) in [7, 11) is -3.56. The highest BCUT2D eigenvalue weighted by Crippen LogP contribution is 2.22. The molecule has 19 heavy (non-hydrogen) atoms. The van der Waals surface area contributed by atoms with Crippen molar-refractivity contribution in [1.29, 1.82) is 0 Å². The summed E-state index contributed by atoms with van der Waals surface area (Å²) >= 11 is 6.62. The van der Waals surface area contributed by atoms with Crippen molar-refractivity contribution in [2.24, 2.45) is 0 Å². The minimum atomic E-state index is -3.56. The molecule has 0 saturated heterocycles. The summed E-state index contributed by atoms with van der Waals surface area (Å²) in [6.45, 7) is 1.90. The number of aryl methyl sites for hydroxylation is 1. The van der Waals surface area contributed by atoms with E-state index in [-0.39, 0.29) is 4.90 Å². The third-order valence-electron chi connectivity index (χ3n) is 2.42. The molecule has 0 aliphatic heterocycles. The highest BCUT2D eigenvalue weighted by atomic mass is 79.9. The average molecular weight is 405 g/mol. The van der Waals surface area contributed by atoms with Gasteiger partial charge in [0.05, 0.1) is 10.6 Å². The lowest BCUT2D eigenvalue weighted by molar-refractivity contribution is 0.601. The maximum Gasteiger partial charge on any atom is 0.261 e. The van der Waals surface area contributed by atoms with E-state index < -0.39 is 10.0 Å². The maximum absolute atomic E-state index is 12.2. The normalized spacial score (nSPS) is 11.3. The van der Waals surface area contributed by atoms with Gasteiger partial charge in [0.2, 0.25) is 0 Å². The molecule has 0 amide bonds. The Hall–Kier alpha value is -0.850. The van der Waals surface area contributed by atoms with Crippen LogP contribution in [0.3, 0.4) is 0 Å². The van der Waals surface area contributed by atoms with Crippen LogP contribution in [0.5, 0.6) is 0 Å². The van der Waals surface area contributed by atoms with E-state index in [0.717, 1.165) is 14.5 Å². The standard InChI is InChI=1S/C13H11Br2NO2S/c1-9-6-11(15)8-12(7-9)16-19(17,18)13-4-2-10(14)3-5-13/h2-8,16H,1H3. The molecule has 0 aromatic heterocycles. The summed E-state index contributed by atoms with van der Waals surface area (Å²) in [5.74, 6) is 0. The van der Waals surface area contributed by atoms with Crippen molar-refractivity contribution >= 4 is 47.6 Å². The highest BCUT2D eigenvalue weighted by molar-refractivity contribution is 9.10. The van der Waals surface area contributed by atoms with Crippen molar-refractivity contribution in [3.05, 3.63) is 57.0 Å². The molecular weight excluding hydrogens is 394 g/mol. The van der Waals surface area contributed by atoms with Crippen molar-refractivity contribution in [2.45, 2.75) is 11.8 Å². The molecule has 0 spiro atoms. The topological polar surface area (TPSA) is 46.2 Å². The highest BCUT2D eigenvalue weighted by Gasteiger charge is 2.14. The lowest BCUT2D eigenvalue weighted by Gasteiger charge is -2.09. The summed E-state index contributed by atoms with van der Waals surface area (Å²) in [5, 5.41) is 0. The third kappa shape index (κ3) is 3.81. The first-order chi connectivity index (χ1) is 8.87. The van der Waals surface area contributed by atoms with Crippen LogP contribution in [0.4, 0.5) is 5.69 Å². The van der Waals surface area contributed by atoms with Gasteiger partial charge in [0.25, 0.3) is 10.0 Å². The molecule has 100 valence electrons. The summed E-state index contributed by atoms with van der Waals surface area (Å²) in [6, 6.07) is 11.9. The predicted molar refractivity (Wildman–Crippen MR) is 83.8 cm³/mol. The Kier molecular flexibility index (Phi) is 4.32. The summed E-state index contributed by atoms with van der Waals surface area (Å²) in [4.78, 5) is 0.230. The van der Waals surface area contributed by atoms with Gasteiger partial charge in [-0.3, -0.25) is 4.72 Å². The van der Waals surface area contributed by atoms with Gasteiger partial charge in [-0.15, -0.1) is 0 Å². The maximum atomic E-state index is 12.2. The van der Waals surface area contributed by atoms with E-state index in [0.29, 0.717) is 5.69 Å². The van der Waals surface area contributed by atoms with Crippen LogP contribution >= 0.6 is 31.9 Å². The number of rotatable bonds is 3. The second kappa shape index (κ2) is 5.64. The number of anilines is 1. The van der Waals surface area contributed by atoms with Crippen molar-refractivity contribution in [2.75, 3.05) is 4.72 Å². The van der Waals surface area contributed by atoms with E-state index in [2.05, 4.69) is 36.6 Å². The molecule has 0 aliphatic carbocycles. The van der Waals surface area contributed by atoms with Crippen LogP contribution in [0.1, 0.15) is 5.56 Å². The van der Waals surface area contributed by atoms with Gasteiger partial charge in [-0.25, -0.2) is 8.42 Å². The molecule has 2 aromatic carbocycles. The van der Waals surface area contributed by atoms with Gasteiger partial charge in [-0.1, -0.05) is 31.9 Å². The zero-order valence-electron chi connectivity index (χ0n) is 10.0. The summed E-state index contributed by atoms with van der Waals surface area (Å²) < 4.78 is 28.6. The molecule has 0 unspecified atom stereocenters. The fourth-order valence-electron chi connectivity index (χ4n) is 1.62. The molecule has 0 bridgehead atoms. The Balaban J connectivity index is 2.33. The summed E-state index contributed by atoms with van der Waals surface area (Å²) in [5.41, 5.74) is 1.51. The fraction of sp³-hybridized carbons (Fsp3) is 0.0769. The van der Waals surface area contributed by atoms with Crippen LogP contribution in [0, 0.1) is 6.92 Å². The Bertz CT molecular complexity index is 677. The quantitative estimate of drug-likeness (QED) is 0.827. The van der Waals surface area contributed by atoms with Gasteiger partial charge in [0.1, 0.15) is 0 Å². The van der Waals surface area contributed by atoms with E-state index in [1.54, 1.807) is 36.4 Å². The van der Waals surface area contributed by atoms with Crippen molar-refractivity contribution < 1.29 is 8.42 Å². The van der Waals surface area contributed by atoms with Crippen molar-refractivity contribution in [3.63, 3.8) is 0 Å². The van der Waals surface area contributed by atoms with E-state index in [1.165, 1.54) is 0 Å². The molecular formula is C13H11Br2NO2S. The largest absolute Gasteiger partial charge is 0.280 e. The smallest absolute Gasteiger partial charge is 0.261 e. The van der Waals surface area contributed by atoms with Crippen LogP contribution in [0.2, 0.25) is 0 Å². The van der Waals surface area contributed by atoms with E-state index >= 15 is 0 Å². The van der Waals surface area contributed by atoms with Gasteiger partial charge in [-0.2, -0.15) is 0 Å². The third-order valence-corrected chi connectivity index (χ3v) is 4.80. The van der Waals surface area contributed by atoms with Gasteiger partial charge >= 0.3 is 0 Å². The molecule has 2 rings (SSSR count). The minimum Gasteiger partial charge on any atom is -0.280 e. The molecule has 3 nitrogen and oxygen atoms in total. The van der Waals surface area contributed by atoms with Crippen molar-refractivity contribution in [1.82, 2.24) is 0 Å². The van der Waals surface area contributed by atoms with Crippen LogP contribution in [0.25, 0.3) is 0 Å². The number of hydrogen-bond donors (Lipinski definition) is 1. The first kappa shape index (κ1) is 14.6. The number of benzene rings is 2. The molecule has 0 heterocycles. The molecule has 0 radical (unpaired) electrons. The monoisotopic (exact) mass is 403 g/mol. The van der Waals surface area contributed by atoms with Crippen molar-refractivity contribution in [3.8, 4) is 0 Å². The van der Waals surface area contributed by atoms with Gasteiger partial charge in [-0.05, 0) is 55.0 Å². The number of sulfonamides is 1. The zero-order valence-corrected chi connectivity index (χ0v) is 14.0. The second-order valence-electron chi connectivity index (χ2n) is 4.08. The average Bonchev–Trinajstić information content (AvgIpc) is 2.27.